The molecular weight excluding hydrogens is 384 g/mol. The highest BCUT2D eigenvalue weighted by Gasteiger charge is 2.36. The van der Waals surface area contributed by atoms with Gasteiger partial charge in [-0.1, -0.05) is 11.6 Å². The van der Waals surface area contributed by atoms with E-state index in [1.807, 2.05) is 0 Å². The van der Waals surface area contributed by atoms with Gasteiger partial charge in [0.25, 0.3) is 10.0 Å². The molecule has 20 heavy (non-hydrogen) atoms. The standard InChI is InChI=1S/C12H16BrClN2O2S2/c13-12-10(14)7-11(19-12)20(17,18)16-6-3-9(8-16)15-4-1-2-5-15/h7,9H,1-6,8H2. The molecule has 0 saturated carbocycles. The van der Waals surface area contributed by atoms with Gasteiger partial charge in [-0.2, -0.15) is 4.31 Å². The van der Waals surface area contributed by atoms with E-state index in [1.165, 1.54) is 30.2 Å². The predicted octanol–water partition coefficient (Wildman–Crippen LogP) is 3.02. The fourth-order valence-electron chi connectivity index (χ4n) is 2.91. The third-order valence-electron chi connectivity index (χ3n) is 4.00. The van der Waals surface area contributed by atoms with E-state index in [0.29, 0.717) is 32.1 Å². The molecule has 0 N–H and O–H groups in total. The second kappa shape index (κ2) is 5.85. The van der Waals surface area contributed by atoms with E-state index in [9.17, 15) is 8.42 Å². The molecule has 3 heterocycles. The minimum Gasteiger partial charge on any atom is -0.299 e. The Morgan fingerprint density at radius 3 is 2.60 bits per heavy atom. The van der Waals surface area contributed by atoms with Crippen LogP contribution in [0.2, 0.25) is 5.02 Å². The van der Waals surface area contributed by atoms with Gasteiger partial charge >= 0.3 is 0 Å². The highest BCUT2D eigenvalue weighted by atomic mass is 79.9. The second-order valence-corrected chi connectivity index (χ2v) is 10.2. The fourth-order valence-corrected chi connectivity index (χ4v) is 6.96. The van der Waals surface area contributed by atoms with Crippen molar-refractivity contribution in [2.75, 3.05) is 26.2 Å². The first-order chi connectivity index (χ1) is 9.48. The van der Waals surface area contributed by atoms with Crippen LogP contribution in [-0.4, -0.2) is 49.8 Å². The molecule has 0 aromatic carbocycles. The maximum atomic E-state index is 12.6. The number of halogens is 2. The minimum atomic E-state index is -3.39. The molecule has 0 amide bonds. The van der Waals surface area contributed by atoms with E-state index in [2.05, 4.69) is 20.8 Å². The van der Waals surface area contributed by atoms with Gasteiger partial charge in [-0.25, -0.2) is 8.42 Å². The van der Waals surface area contributed by atoms with Crippen molar-refractivity contribution in [3.63, 3.8) is 0 Å². The van der Waals surface area contributed by atoms with E-state index < -0.39 is 10.0 Å². The number of thiophene rings is 1. The van der Waals surface area contributed by atoms with Crippen molar-refractivity contribution in [2.45, 2.75) is 29.5 Å². The normalized spacial score (nSPS) is 25.6. The zero-order chi connectivity index (χ0) is 14.3. The van der Waals surface area contributed by atoms with Crippen molar-refractivity contribution in [1.29, 1.82) is 0 Å². The van der Waals surface area contributed by atoms with E-state index in [4.69, 9.17) is 11.6 Å². The monoisotopic (exact) mass is 398 g/mol. The van der Waals surface area contributed by atoms with Crippen LogP contribution < -0.4 is 0 Å². The van der Waals surface area contributed by atoms with Gasteiger partial charge in [0, 0.05) is 19.1 Å². The van der Waals surface area contributed by atoms with Crippen molar-refractivity contribution in [2.24, 2.45) is 0 Å². The highest BCUT2D eigenvalue weighted by Crippen LogP contribution is 2.37. The molecule has 4 nitrogen and oxygen atoms in total. The summed E-state index contributed by atoms with van der Waals surface area (Å²) in [7, 11) is -3.39. The van der Waals surface area contributed by atoms with E-state index in [0.717, 1.165) is 19.5 Å². The predicted molar refractivity (Wildman–Crippen MR) is 85.0 cm³/mol. The van der Waals surface area contributed by atoms with Gasteiger partial charge in [0.05, 0.1) is 8.81 Å². The summed E-state index contributed by atoms with van der Waals surface area (Å²) in [5.74, 6) is 0. The maximum absolute atomic E-state index is 12.6. The first kappa shape index (κ1) is 15.2. The third-order valence-corrected chi connectivity index (χ3v) is 8.79. The molecule has 0 aliphatic carbocycles. The molecule has 1 atom stereocenters. The molecule has 0 radical (unpaired) electrons. The Hall–Kier alpha value is 0.340. The molecule has 3 rings (SSSR count). The number of nitrogens with zero attached hydrogens (tertiary/aromatic N) is 2. The molecule has 1 aromatic heterocycles. The Bertz CT molecular complexity index is 579. The molecule has 2 fully saturated rings. The van der Waals surface area contributed by atoms with Crippen molar-refractivity contribution in [1.82, 2.24) is 9.21 Å². The Morgan fingerprint density at radius 1 is 1.30 bits per heavy atom. The molecule has 1 unspecified atom stereocenters. The first-order valence-corrected chi connectivity index (χ1v) is 10.1. The molecule has 8 heteroatoms. The lowest BCUT2D eigenvalue weighted by Crippen LogP contribution is -2.36. The van der Waals surface area contributed by atoms with Crippen LogP contribution in [0.5, 0.6) is 0 Å². The van der Waals surface area contributed by atoms with Gasteiger partial charge in [0.15, 0.2) is 0 Å². The van der Waals surface area contributed by atoms with Crippen molar-refractivity contribution in [3.8, 4) is 0 Å². The van der Waals surface area contributed by atoms with Crippen LogP contribution in [0.15, 0.2) is 14.1 Å². The van der Waals surface area contributed by atoms with Crippen LogP contribution in [0, 0.1) is 0 Å². The molecule has 2 saturated heterocycles. The molecule has 0 bridgehead atoms. The second-order valence-electron chi connectivity index (χ2n) is 5.24. The third kappa shape index (κ3) is 2.80. The SMILES string of the molecule is O=S(=O)(c1cc(Cl)c(Br)s1)N1CCC(N2CCCC2)C1. The highest BCUT2D eigenvalue weighted by molar-refractivity contribution is 9.11. The van der Waals surface area contributed by atoms with E-state index in [1.54, 1.807) is 4.31 Å². The Morgan fingerprint density at radius 2 is 2.00 bits per heavy atom. The summed E-state index contributed by atoms with van der Waals surface area (Å²) in [6, 6.07) is 1.92. The molecule has 2 aliphatic heterocycles. The molecule has 0 spiro atoms. The Balaban J connectivity index is 1.75. The first-order valence-electron chi connectivity index (χ1n) is 6.67. The molecule has 112 valence electrons. The van der Waals surface area contributed by atoms with Crippen LogP contribution in [0.4, 0.5) is 0 Å². The number of rotatable bonds is 3. The van der Waals surface area contributed by atoms with Crippen LogP contribution in [0.3, 0.4) is 0 Å². The van der Waals surface area contributed by atoms with Gasteiger partial charge in [0.2, 0.25) is 0 Å². The number of likely N-dealkylation sites (tertiary alicyclic amines) is 1. The number of hydrogen-bond donors (Lipinski definition) is 0. The molecular formula is C12H16BrClN2O2S2. The van der Waals surface area contributed by atoms with Gasteiger partial charge in [-0.05, 0) is 54.3 Å². The van der Waals surface area contributed by atoms with Crippen LogP contribution in [0.25, 0.3) is 0 Å². The summed E-state index contributed by atoms with van der Waals surface area (Å²) in [6.45, 7) is 3.43. The maximum Gasteiger partial charge on any atom is 0.252 e. The van der Waals surface area contributed by atoms with Gasteiger partial charge in [0.1, 0.15) is 4.21 Å². The lowest BCUT2D eigenvalue weighted by molar-refractivity contribution is 0.251. The zero-order valence-electron chi connectivity index (χ0n) is 10.9. The largest absolute Gasteiger partial charge is 0.299 e. The minimum absolute atomic E-state index is 0.330. The van der Waals surface area contributed by atoms with Crippen LogP contribution >= 0.6 is 38.9 Å². The van der Waals surface area contributed by atoms with Crippen molar-refractivity contribution >= 4 is 48.9 Å². The Labute approximate surface area is 136 Å². The van der Waals surface area contributed by atoms with Gasteiger partial charge in [-0.15, -0.1) is 11.3 Å². The summed E-state index contributed by atoms with van der Waals surface area (Å²) in [5, 5.41) is 0.462. The summed E-state index contributed by atoms with van der Waals surface area (Å²) < 4.78 is 27.8. The lowest BCUT2D eigenvalue weighted by atomic mass is 10.2. The Kier molecular flexibility index (Phi) is 4.46. The average Bonchev–Trinajstić information content (AvgIpc) is 3.10. The van der Waals surface area contributed by atoms with Crippen molar-refractivity contribution < 1.29 is 8.42 Å². The molecule has 1 aromatic rings. The molecule has 2 aliphatic rings. The quantitative estimate of drug-likeness (QED) is 0.784. The lowest BCUT2D eigenvalue weighted by Gasteiger charge is -2.23. The van der Waals surface area contributed by atoms with Crippen LogP contribution in [0.1, 0.15) is 19.3 Å². The zero-order valence-corrected chi connectivity index (χ0v) is 14.9. The van der Waals surface area contributed by atoms with Crippen LogP contribution in [-0.2, 0) is 10.0 Å². The fraction of sp³-hybridized carbons (Fsp3) is 0.667. The smallest absolute Gasteiger partial charge is 0.252 e. The summed E-state index contributed by atoms with van der Waals surface area (Å²) in [6.07, 6.45) is 3.40. The number of sulfonamides is 1. The number of hydrogen-bond acceptors (Lipinski definition) is 4. The van der Waals surface area contributed by atoms with Gasteiger partial charge < -0.3 is 0 Å². The average molecular weight is 400 g/mol. The van der Waals surface area contributed by atoms with Crippen molar-refractivity contribution in [3.05, 3.63) is 14.9 Å². The summed E-state index contributed by atoms with van der Waals surface area (Å²) in [5.41, 5.74) is 0. The van der Waals surface area contributed by atoms with E-state index >= 15 is 0 Å². The van der Waals surface area contributed by atoms with E-state index in [-0.39, 0.29) is 0 Å². The topological polar surface area (TPSA) is 40.6 Å². The van der Waals surface area contributed by atoms with Gasteiger partial charge in [-0.3, -0.25) is 4.90 Å². The summed E-state index contributed by atoms with van der Waals surface area (Å²) >= 11 is 10.4. The summed E-state index contributed by atoms with van der Waals surface area (Å²) in [4.78, 5) is 2.42.